The van der Waals surface area contributed by atoms with Crippen molar-refractivity contribution in [2.24, 2.45) is 0 Å². The summed E-state index contributed by atoms with van der Waals surface area (Å²) in [6, 6.07) is 5.79. The monoisotopic (exact) mass is 441 g/mol. The van der Waals surface area contributed by atoms with Crippen molar-refractivity contribution < 1.29 is 4.39 Å². The first-order valence-corrected chi connectivity index (χ1v) is 11.3. The Labute approximate surface area is 190 Å². The molecule has 0 saturated heterocycles. The predicted octanol–water partition coefficient (Wildman–Crippen LogP) is 4.82. The van der Waals surface area contributed by atoms with Crippen LogP contribution in [0.5, 0.6) is 0 Å². The average Bonchev–Trinajstić information content (AvgIpc) is 3.41. The molecule has 0 saturated carbocycles. The third-order valence-electron chi connectivity index (χ3n) is 6.57. The lowest BCUT2D eigenvalue weighted by Gasteiger charge is -2.25. The van der Waals surface area contributed by atoms with Crippen molar-refractivity contribution in [3.05, 3.63) is 71.2 Å². The van der Waals surface area contributed by atoms with E-state index >= 15 is 0 Å². The quantitative estimate of drug-likeness (QED) is 0.489. The van der Waals surface area contributed by atoms with E-state index in [9.17, 15) is 4.39 Å². The van der Waals surface area contributed by atoms with Crippen LogP contribution in [0.25, 0.3) is 22.6 Å². The summed E-state index contributed by atoms with van der Waals surface area (Å²) in [4.78, 5) is 18.1. The molecule has 1 unspecified atom stereocenters. The van der Waals surface area contributed by atoms with E-state index in [1.165, 1.54) is 29.0 Å². The summed E-state index contributed by atoms with van der Waals surface area (Å²) in [5.41, 5.74) is 7.61. The Morgan fingerprint density at radius 1 is 1.18 bits per heavy atom. The van der Waals surface area contributed by atoms with Crippen molar-refractivity contribution in [3.8, 4) is 11.4 Å². The summed E-state index contributed by atoms with van der Waals surface area (Å²) in [6.45, 7) is 4.21. The van der Waals surface area contributed by atoms with Crippen molar-refractivity contribution in [1.82, 2.24) is 29.5 Å². The van der Waals surface area contributed by atoms with E-state index < -0.39 is 5.82 Å². The third kappa shape index (κ3) is 3.46. The van der Waals surface area contributed by atoms with Crippen LogP contribution in [-0.4, -0.2) is 35.6 Å². The van der Waals surface area contributed by atoms with Crippen LogP contribution in [-0.2, 0) is 6.42 Å². The lowest BCUT2D eigenvalue weighted by atomic mass is 9.89. The topological polar surface area (TPSA) is 80.9 Å². The number of fused-ring (bicyclic) bond motifs is 3. The molecule has 0 bridgehead atoms. The molecule has 4 aromatic heterocycles. The second-order valence-corrected chi connectivity index (χ2v) is 9.11. The fraction of sp³-hybridized carbons (Fsp3) is 0.320. The normalized spacial score (nSPS) is 17.5. The Kier molecular flexibility index (Phi) is 4.67. The van der Waals surface area contributed by atoms with Gasteiger partial charge in [0.15, 0.2) is 11.5 Å². The van der Waals surface area contributed by atoms with Crippen LogP contribution >= 0.6 is 0 Å². The molecule has 0 radical (unpaired) electrons. The Hall–Kier alpha value is -3.68. The van der Waals surface area contributed by atoms with E-state index in [1.54, 1.807) is 10.7 Å². The van der Waals surface area contributed by atoms with Gasteiger partial charge in [0.2, 0.25) is 5.95 Å². The van der Waals surface area contributed by atoms with E-state index in [1.807, 2.05) is 18.5 Å². The summed E-state index contributed by atoms with van der Waals surface area (Å²) < 4.78 is 15.6. The van der Waals surface area contributed by atoms with Gasteiger partial charge in [0.05, 0.1) is 18.1 Å². The number of hydrogen-bond donors (Lipinski definition) is 1. The van der Waals surface area contributed by atoms with Gasteiger partial charge in [-0.3, -0.25) is 9.97 Å². The highest BCUT2D eigenvalue weighted by Gasteiger charge is 2.30. The molecule has 0 amide bonds. The molecular weight excluding hydrogens is 417 g/mol. The number of aromatic nitrogens is 6. The number of allylic oxidation sites excluding steroid dienone is 1. The highest BCUT2D eigenvalue weighted by Crippen LogP contribution is 2.41. The van der Waals surface area contributed by atoms with Gasteiger partial charge in [-0.15, -0.1) is 0 Å². The van der Waals surface area contributed by atoms with Crippen LogP contribution in [0.3, 0.4) is 0 Å². The van der Waals surface area contributed by atoms with E-state index in [-0.39, 0.29) is 12.0 Å². The molecule has 4 aromatic rings. The molecular formula is C25H24FN7. The summed E-state index contributed by atoms with van der Waals surface area (Å²) >= 11 is 0. The molecule has 8 heteroatoms. The lowest BCUT2D eigenvalue weighted by Crippen LogP contribution is -2.25. The summed E-state index contributed by atoms with van der Waals surface area (Å²) in [6.07, 6.45) is 10.4. The summed E-state index contributed by atoms with van der Waals surface area (Å²) in [7, 11) is 0. The zero-order valence-corrected chi connectivity index (χ0v) is 18.6. The Bertz CT molecular complexity index is 1410. The molecule has 6 rings (SSSR count). The number of halogens is 1. The van der Waals surface area contributed by atoms with Gasteiger partial charge in [-0.2, -0.15) is 14.6 Å². The standard InChI is InChI=1S/C25H24FN7/c1-14(2)21-13-29-33-24(21)31-23(17-9-18(26)12-27-11-17)32-25(33)30-19-6-5-15-8-16-4-3-7-28-22(16)20(15)10-19/h3-4,7,9,11-14,19H,5-6,8,10H2,1-2H3,(H,30,31,32). The smallest absolute Gasteiger partial charge is 0.228 e. The molecule has 33 heavy (non-hydrogen) atoms. The zero-order chi connectivity index (χ0) is 22.5. The Balaban J connectivity index is 1.38. The highest BCUT2D eigenvalue weighted by atomic mass is 19.1. The maximum Gasteiger partial charge on any atom is 0.228 e. The van der Waals surface area contributed by atoms with E-state index in [0.717, 1.165) is 42.6 Å². The fourth-order valence-corrected chi connectivity index (χ4v) is 4.90. The first-order valence-electron chi connectivity index (χ1n) is 11.3. The van der Waals surface area contributed by atoms with Crippen LogP contribution in [0.1, 0.15) is 55.8 Å². The van der Waals surface area contributed by atoms with Crippen LogP contribution in [0.4, 0.5) is 10.3 Å². The molecule has 4 heterocycles. The van der Waals surface area contributed by atoms with Crippen LogP contribution < -0.4 is 5.32 Å². The van der Waals surface area contributed by atoms with Gasteiger partial charge in [-0.1, -0.05) is 25.5 Å². The second kappa shape index (κ2) is 7.72. The minimum Gasteiger partial charge on any atom is -0.351 e. The zero-order valence-electron chi connectivity index (χ0n) is 18.6. The van der Waals surface area contributed by atoms with Crippen molar-refractivity contribution >= 4 is 17.2 Å². The van der Waals surface area contributed by atoms with E-state index in [4.69, 9.17) is 9.97 Å². The first-order chi connectivity index (χ1) is 16.1. The van der Waals surface area contributed by atoms with Gasteiger partial charge < -0.3 is 5.32 Å². The van der Waals surface area contributed by atoms with Crippen molar-refractivity contribution in [1.29, 1.82) is 0 Å². The second-order valence-electron chi connectivity index (χ2n) is 9.11. The summed E-state index contributed by atoms with van der Waals surface area (Å²) in [5.74, 6) is 0.872. The van der Waals surface area contributed by atoms with E-state index in [0.29, 0.717) is 17.3 Å². The number of anilines is 1. The van der Waals surface area contributed by atoms with Gasteiger partial charge in [0, 0.05) is 29.6 Å². The molecule has 1 N–H and O–H groups in total. The third-order valence-corrected chi connectivity index (χ3v) is 6.57. The van der Waals surface area contributed by atoms with E-state index in [2.05, 4.69) is 40.3 Å². The van der Waals surface area contributed by atoms with Crippen molar-refractivity contribution in [3.63, 3.8) is 0 Å². The molecule has 1 atom stereocenters. The molecule has 2 aliphatic rings. The number of nitrogens with one attached hydrogen (secondary N) is 1. The van der Waals surface area contributed by atoms with Gasteiger partial charge >= 0.3 is 0 Å². The molecule has 7 nitrogen and oxygen atoms in total. The van der Waals surface area contributed by atoms with Crippen molar-refractivity contribution in [2.45, 2.75) is 51.5 Å². The minimum atomic E-state index is -0.415. The number of hydrogen-bond acceptors (Lipinski definition) is 6. The summed E-state index contributed by atoms with van der Waals surface area (Å²) in [5, 5.41) is 8.19. The molecule has 0 aliphatic heterocycles. The Morgan fingerprint density at radius 2 is 2.09 bits per heavy atom. The maximum absolute atomic E-state index is 13.9. The first kappa shape index (κ1) is 20.0. The molecule has 0 spiro atoms. The SMILES string of the molecule is CC(C)c1cnn2c(NC3CCC4=C(C3)c3ncccc3C4)nc(-c3cncc(F)c3)nc12. The van der Waals surface area contributed by atoms with Gasteiger partial charge in [-0.05, 0) is 54.9 Å². The molecule has 0 aromatic carbocycles. The molecule has 2 aliphatic carbocycles. The average molecular weight is 442 g/mol. The Morgan fingerprint density at radius 3 is 2.94 bits per heavy atom. The van der Waals surface area contributed by atoms with Gasteiger partial charge in [-0.25, -0.2) is 9.37 Å². The molecule has 0 fully saturated rings. The lowest BCUT2D eigenvalue weighted by molar-refractivity contribution is 0.621. The largest absolute Gasteiger partial charge is 0.351 e. The number of pyridine rings is 2. The highest BCUT2D eigenvalue weighted by molar-refractivity contribution is 5.75. The van der Waals surface area contributed by atoms with Crippen molar-refractivity contribution in [2.75, 3.05) is 5.32 Å². The van der Waals surface area contributed by atoms with Crippen LogP contribution in [0, 0.1) is 5.82 Å². The maximum atomic E-state index is 13.9. The number of rotatable bonds is 4. The number of nitrogens with zero attached hydrogens (tertiary/aromatic N) is 6. The fourth-order valence-electron chi connectivity index (χ4n) is 4.90. The predicted molar refractivity (Wildman–Crippen MR) is 124 cm³/mol. The molecule has 166 valence electrons. The van der Waals surface area contributed by atoms with Gasteiger partial charge in [0.1, 0.15) is 5.82 Å². The minimum absolute atomic E-state index is 0.194. The van der Waals surface area contributed by atoms with Gasteiger partial charge in [0.25, 0.3) is 0 Å². The van der Waals surface area contributed by atoms with Crippen LogP contribution in [0.2, 0.25) is 0 Å². The van der Waals surface area contributed by atoms with Crippen LogP contribution in [0.15, 0.2) is 48.6 Å².